The van der Waals surface area contributed by atoms with Crippen molar-refractivity contribution in [2.24, 2.45) is 0 Å². The van der Waals surface area contributed by atoms with E-state index in [0.29, 0.717) is 5.69 Å². The van der Waals surface area contributed by atoms with Crippen LogP contribution >= 0.6 is 11.3 Å². The molecule has 0 aliphatic heterocycles. The van der Waals surface area contributed by atoms with Crippen LogP contribution in [0.4, 0.5) is 10.1 Å². The first kappa shape index (κ1) is 11.8. The van der Waals surface area contributed by atoms with E-state index in [2.05, 4.69) is 10.3 Å². The molecular formula is C14H9FN2OS. The average molecular weight is 272 g/mol. The second-order valence-corrected chi connectivity index (χ2v) is 4.92. The number of benzene rings is 1. The minimum absolute atomic E-state index is 0.0606. The van der Waals surface area contributed by atoms with Crippen molar-refractivity contribution in [3.8, 4) is 0 Å². The van der Waals surface area contributed by atoms with Gasteiger partial charge in [0.25, 0.3) is 5.91 Å². The maximum Gasteiger partial charge on any atom is 0.274 e. The van der Waals surface area contributed by atoms with Crippen molar-refractivity contribution >= 4 is 33.0 Å². The number of nitrogens with zero attached hydrogens (tertiary/aromatic N) is 1. The second-order valence-electron chi connectivity index (χ2n) is 3.97. The molecule has 3 nitrogen and oxygen atoms in total. The molecule has 0 atom stereocenters. The highest BCUT2D eigenvalue weighted by Crippen LogP contribution is 2.24. The van der Waals surface area contributed by atoms with Crippen molar-refractivity contribution in [3.63, 3.8) is 0 Å². The van der Waals surface area contributed by atoms with Crippen molar-refractivity contribution in [2.45, 2.75) is 0 Å². The third-order valence-corrected chi connectivity index (χ3v) is 3.56. The number of hydrogen-bond donors (Lipinski definition) is 1. The van der Waals surface area contributed by atoms with Gasteiger partial charge >= 0.3 is 0 Å². The number of hydrogen-bond acceptors (Lipinski definition) is 3. The van der Waals surface area contributed by atoms with Crippen molar-refractivity contribution < 1.29 is 9.18 Å². The minimum Gasteiger partial charge on any atom is -0.321 e. The minimum atomic E-state index is -0.666. The van der Waals surface area contributed by atoms with Gasteiger partial charge in [-0.25, -0.2) is 4.98 Å². The first-order valence-corrected chi connectivity index (χ1v) is 6.51. The number of amides is 1. The van der Waals surface area contributed by atoms with Crippen molar-refractivity contribution in [2.75, 3.05) is 5.32 Å². The Labute approximate surface area is 112 Å². The third kappa shape index (κ3) is 2.46. The van der Waals surface area contributed by atoms with Crippen LogP contribution in [0.1, 0.15) is 10.5 Å². The van der Waals surface area contributed by atoms with Gasteiger partial charge < -0.3 is 5.32 Å². The summed E-state index contributed by atoms with van der Waals surface area (Å²) in [5.74, 6) is -1.09. The molecule has 1 N–H and O–H groups in total. The predicted octanol–water partition coefficient (Wildman–Crippen LogP) is 3.69. The van der Waals surface area contributed by atoms with E-state index >= 15 is 0 Å². The first-order chi connectivity index (χ1) is 9.22. The molecular weight excluding hydrogens is 263 g/mol. The Morgan fingerprint density at radius 2 is 2.11 bits per heavy atom. The van der Waals surface area contributed by atoms with E-state index < -0.39 is 11.9 Å². The number of nitrogens with one attached hydrogen (secondary N) is 1. The number of anilines is 1. The highest BCUT2D eigenvalue weighted by Gasteiger charge is 2.08. The Hall–Kier alpha value is -2.27. The molecule has 5 heteroatoms. The molecule has 0 radical (unpaired) electrons. The van der Waals surface area contributed by atoms with Gasteiger partial charge in [-0.2, -0.15) is 4.39 Å². The van der Waals surface area contributed by atoms with Crippen LogP contribution in [-0.2, 0) is 0 Å². The first-order valence-electron chi connectivity index (χ1n) is 5.63. The van der Waals surface area contributed by atoms with Crippen LogP contribution < -0.4 is 5.32 Å². The summed E-state index contributed by atoms with van der Waals surface area (Å²) in [4.78, 5) is 15.4. The van der Waals surface area contributed by atoms with E-state index in [4.69, 9.17) is 0 Å². The average Bonchev–Trinajstić information content (AvgIpc) is 2.86. The molecule has 1 amide bonds. The number of rotatable bonds is 2. The molecule has 0 aliphatic rings. The zero-order valence-corrected chi connectivity index (χ0v) is 10.6. The molecule has 0 unspecified atom stereocenters. The van der Waals surface area contributed by atoms with Crippen molar-refractivity contribution in [1.29, 1.82) is 0 Å². The van der Waals surface area contributed by atoms with Crippen LogP contribution in [0.2, 0.25) is 0 Å². The fourth-order valence-electron chi connectivity index (χ4n) is 1.77. The fourth-order valence-corrected chi connectivity index (χ4v) is 2.55. The van der Waals surface area contributed by atoms with Crippen LogP contribution in [0.25, 0.3) is 10.1 Å². The SMILES string of the molecule is O=C(Nc1ccc2sccc2c1)c1cccc(F)n1. The van der Waals surface area contributed by atoms with E-state index in [1.165, 1.54) is 18.2 Å². The van der Waals surface area contributed by atoms with E-state index in [9.17, 15) is 9.18 Å². The van der Waals surface area contributed by atoms with Crippen LogP contribution in [0.3, 0.4) is 0 Å². The molecule has 0 aliphatic carbocycles. The number of carbonyl (C=O) groups excluding carboxylic acids is 1. The lowest BCUT2D eigenvalue weighted by atomic mass is 10.2. The molecule has 2 heterocycles. The zero-order valence-electron chi connectivity index (χ0n) is 9.76. The maximum absolute atomic E-state index is 12.9. The van der Waals surface area contributed by atoms with Crippen molar-refractivity contribution in [1.82, 2.24) is 4.98 Å². The van der Waals surface area contributed by atoms with E-state index in [0.717, 1.165) is 10.1 Å². The lowest BCUT2D eigenvalue weighted by Gasteiger charge is -2.04. The van der Waals surface area contributed by atoms with Crippen LogP contribution in [-0.4, -0.2) is 10.9 Å². The molecule has 0 bridgehead atoms. The Morgan fingerprint density at radius 3 is 2.95 bits per heavy atom. The van der Waals surface area contributed by atoms with Crippen molar-refractivity contribution in [3.05, 3.63) is 59.5 Å². The van der Waals surface area contributed by atoms with Gasteiger partial charge in [0.2, 0.25) is 5.95 Å². The normalized spacial score (nSPS) is 10.6. The van der Waals surface area contributed by atoms with Crippen LogP contribution in [0.15, 0.2) is 47.8 Å². The molecule has 3 rings (SSSR count). The predicted molar refractivity (Wildman–Crippen MR) is 74.0 cm³/mol. The van der Waals surface area contributed by atoms with Crippen LogP contribution in [0, 0.1) is 5.95 Å². The molecule has 19 heavy (non-hydrogen) atoms. The number of carbonyl (C=O) groups is 1. The Kier molecular flexibility index (Phi) is 2.97. The summed E-state index contributed by atoms with van der Waals surface area (Å²) >= 11 is 1.64. The van der Waals surface area contributed by atoms with Gasteiger partial charge in [-0.15, -0.1) is 11.3 Å². The number of halogens is 1. The Bertz CT molecular complexity index is 754. The second kappa shape index (κ2) is 4.78. The molecule has 0 saturated heterocycles. The summed E-state index contributed by atoms with van der Waals surface area (Å²) in [5.41, 5.74) is 0.729. The lowest BCUT2D eigenvalue weighted by Crippen LogP contribution is -2.13. The number of aromatic nitrogens is 1. The lowest BCUT2D eigenvalue weighted by molar-refractivity contribution is 0.102. The molecule has 2 aromatic heterocycles. The molecule has 0 fully saturated rings. The third-order valence-electron chi connectivity index (χ3n) is 2.66. The maximum atomic E-state index is 12.9. The van der Waals surface area contributed by atoms with E-state index in [1.807, 2.05) is 29.6 Å². The molecule has 1 aromatic carbocycles. The summed E-state index contributed by atoms with van der Waals surface area (Å²) in [6, 6.07) is 11.7. The summed E-state index contributed by atoms with van der Waals surface area (Å²) in [7, 11) is 0. The highest BCUT2D eigenvalue weighted by molar-refractivity contribution is 7.17. The summed E-state index contributed by atoms with van der Waals surface area (Å²) in [6.45, 7) is 0. The summed E-state index contributed by atoms with van der Waals surface area (Å²) in [6.07, 6.45) is 0. The molecule has 0 saturated carbocycles. The van der Waals surface area contributed by atoms with Gasteiger partial charge in [0, 0.05) is 10.4 Å². The van der Waals surface area contributed by atoms with Crippen LogP contribution in [0.5, 0.6) is 0 Å². The standard InChI is InChI=1S/C14H9FN2OS/c15-13-3-1-2-11(17-13)14(18)16-10-4-5-12-9(8-10)6-7-19-12/h1-8H,(H,16,18). The van der Waals surface area contributed by atoms with E-state index in [-0.39, 0.29) is 5.69 Å². The molecule has 3 aromatic rings. The van der Waals surface area contributed by atoms with Gasteiger partial charge in [0.05, 0.1) is 0 Å². The summed E-state index contributed by atoms with van der Waals surface area (Å²) in [5, 5.41) is 5.76. The highest BCUT2D eigenvalue weighted by atomic mass is 32.1. The zero-order chi connectivity index (χ0) is 13.2. The Morgan fingerprint density at radius 1 is 1.21 bits per heavy atom. The molecule has 0 spiro atoms. The number of pyridine rings is 1. The quantitative estimate of drug-likeness (QED) is 0.723. The van der Waals surface area contributed by atoms with Gasteiger partial charge in [-0.1, -0.05) is 6.07 Å². The van der Waals surface area contributed by atoms with Gasteiger partial charge in [-0.3, -0.25) is 4.79 Å². The number of thiophene rings is 1. The van der Waals surface area contributed by atoms with Gasteiger partial charge in [0.1, 0.15) is 5.69 Å². The van der Waals surface area contributed by atoms with Gasteiger partial charge in [0.15, 0.2) is 0 Å². The number of fused-ring (bicyclic) bond motifs is 1. The molecule has 94 valence electrons. The monoisotopic (exact) mass is 272 g/mol. The Balaban J connectivity index is 1.86. The summed E-state index contributed by atoms with van der Waals surface area (Å²) < 4.78 is 14.1. The van der Waals surface area contributed by atoms with Gasteiger partial charge in [-0.05, 0) is 47.2 Å². The fraction of sp³-hybridized carbons (Fsp3) is 0. The smallest absolute Gasteiger partial charge is 0.274 e. The largest absolute Gasteiger partial charge is 0.321 e. The topological polar surface area (TPSA) is 42.0 Å². The van der Waals surface area contributed by atoms with E-state index in [1.54, 1.807) is 11.3 Å².